The molecule has 0 saturated heterocycles. The van der Waals surface area contributed by atoms with Crippen LogP contribution in [0.2, 0.25) is 0 Å². The molecule has 3 aromatic rings. The maximum absolute atomic E-state index is 4.46. The molecule has 0 aliphatic carbocycles. The van der Waals surface area contributed by atoms with Gasteiger partial charge in [-0.05, 0) is 45.8 Å². The van der Waals surface area contributed by atoms with Crippen molar-refractivity contribution < 1.29 is 0 Å². The maximum Gasteiger partial charge on any atom is 0.224 e. The molecule has 4 nitrogen and oxygen atoms in total. The minimum atomic E-state index is 0.615. The van der Waals surface area contributed by atoms with E-state index in [1.165, 1.54) is 10.8 Å². The van der Waals surface area contributed by atoms with Crippen molar-refractivity contribution in [3.63, 3.8) is 0 Å². The molecule has 0 aliphatic rings. The van der Waals surface area contributed by atoms with Gasteiger partial charge in [0.2, 0.25) is 5.95 Å². The Labute approximate surface area is 131 Å². The highest BCUT2D eigenvalue weighted by molar-refractivity contribution is 9.10. The number of hydrogen-bond acceptors (Lipinski definition) is 4. The summed E-state index contributed by atoms with van der Waals surface area (Å²) in [6, 6.07) is 14.5. The van der Waals surface area contributed by atoms with Crippen molar-refractivity contribution in [1.82, 2.24) is 9.97 Å². The molecule has 0 unspecified atom stereocenters. The first-order chi connectivity index (χ1) is 10.3. The maximum atomic E-state index is 4.46. The van der Waals surface area contributed by atoms with Gasteiger partial charge >= 0.3 is 0 Å². The molecular weight excluding hydrogens is 328 g/mol. The predicted octanol–water partition coefficient (Wildman–Crippen LogP) is 4.57. The summed E-state index contributed by atoms with van der Waals surface area (Å²) in [7, 11) is 0. The number of nitrogens with zero attached hydrogens (tertiary/aromatic N) is 2. The smallest absolute Gasteiger partial charge is 0.224 e. The minimum absolute atomic E-state index is 0.615. The van der Waals surface area contributed by atoms with Gasteiger partial charge in [-0.2, -0.15) is 4.98 Å². The lowest BCUT2D eigenvalue weighted by Gasteiger charge is -2.10. The van der Waals surface area contributed by atoms with Crippen molar-refractivity contribution in [2.45, 2.75) is 6.92 Å². The largest absolute Gasteiger partial charge is 0.354 e. The van der Waals surface area contributed by atoms with Crippen LogP contribution in [-0.4, -0.2) is 16.5 Å². The molecular formula is C16H15BrN4. The summed E-state index contributed by atoms with van der Waals surface area (Å²) in [5.74, 6) is 1.36. The number of benzene rings is 2. The molecule has 0 aliphatic heterocycles. The molecule has 0 spiro atoms. The summed E-state index contributed by atoms with van der Waals surface area (Å²) in [4.78, 5) is 8.67. The van der Waals surface area contributed by atoms with Crippen molar-refractivity contribution in [2.24, 2.45) is 0 Å². The van der Waals surface area contributed by atoms with Crippen LogP contribution in [0.4, 0.5) is 17.5 Å². The molecule has 0 radical (unpaired) electrons. The lowest BCUT2D eigenvalue weighted by Crippen LogP contribution is -2.04. The summed E-state index contributed by atoms with van der Waals surface area (Å²) >= 11 is 3.47. The molecule has 2 aromatic carbocycles. The first kappa shape index (κ1) is 13.8. The Balaban J connectivity index is 1.92. The Hall–Kier alpha value is -2.14. The predicted molar refractivity (Wildman–Crippen MR) is 91.1 cm³/mol. The van der Waals surface area contributed by atoms with Gasteiger partial charge in [0.25, 0.3) is 0 Å². The Morgan fingerprint density at radius 1 is 1.10 bits per heavy atom. The van der Waals surface area contributed by atoms with E-state index in [0.29, 0.717) is 5.95 Å². The number of hydrogen-bond donors (Lipinski definition) is 2. The summed E-state index contributed by atoms with van der Waals surface area (Å²) in [6.45, 7) is 2.80. The Morgan fingerprint density at radius 2 is 1.90 bits per heavy atom. The van der Waals surface area contributed by atoms with Crippen molar-refractivity contribution in [3.05, 3.63) is 53.1 Å². The molecule has 2 N–H and O–H groups in total. The molecule has 0 atom stereocenters. The molecule has 1 heterocycles. The first-order valence-electron chi connectivity index (χ1n) is 6.78. The van der Waals surface area contributed by atoms with Crippen LogP contribution in [0, 0.1) is 0 Å². The van der Waals surface area contributed by atoms with Gasteiger partial charge in [0, 0.05) is 18.4 Å². The number of halogens is 1. The summed E-state index contributed by atoms with van der Waals surface area (Å²) < 4.78 is 0.831. The fourth-order valence-electron chi connectivity index (χ4n) is 2.10. The Bertz CT molecular complexity index is 773. The third-order valence-electron chi connectivity index (χ3n) is 3.09. The van der Waals surface area contributed by atoms with Gasteiger partial charge in [-0.25, -0.2) is 4.98 Å². The van der Waals surface area contributed by atoms with Crippen molar-refractivity contribution in [3.8, 4) is 0 Å². The molecule has 3 rings (SSSR count). The fourth-order valence-corrected chi connectivity index (χ4v) is 2.39. The summed E-state index contributed by atoms with van der Waals surface area (Å²) in [6.07, 6.45) is 1.74. The van der Waals surface area contributed by atoms with Crippen molar-refractivity contribution in [2.75, 3.05) is 17.2 Å². The van der Waals surface area contributed by atoms with Gasteiger partial charge in [0.05, 0.1) is 4.47 Å². The molecule has 1 aromatic heterocycles. The zero-order valence-electron chi connectivity index (χ0n) is 11.6. The number of anilines is 3. The lowest BCUT2D eigenvalue weighted by molar-refractivity contribution is 1.08. The number of aromatic nitrogens is 2. The average Bonchev–Trinajstić information content (AvgIpc) is 2.51. The second-order valence-corrected chi connectivity index (χ2v) is 5.46. The highest BCUT2D eigenvalue weighted by atomic mass is 79.9. The summed E-state index contributed by atoms with van der Waals surface area (Å²) in [5.41, 5.74) is 0.996. The van der Waals surface area contributed by atoms with E-state index in [1.807, 2.05) is 25.1 Å². The second kappa shape index (κ2) is 6.10. The van der Waals surface area contributed by atoms with E-state index >= 15 is 0 Å². The van der Waals surface area contributed by atoms with Crippen LogP contribution < -0.4 is 10.6 Å². The first-order valence-corrected chi connectivity index (χ1v) is 7.58. The van der Waals surface area contributed by atoms with Crippen molar-refractivity contribution in [1.29, 1.82) is 0 Å². The highest BCUT2D eigenvalue weighted by Crippen LogP contribution is 2.26. The Morgan fingerprint density at radius 3 is 2.71 bits per heavy atom. The Kier molecular flexibility index (Phi) is 4.01. The number of fused-ring (bicyclic) bond motifs is 1. The molecule has 5 heteroatoms. The van der Waals surface area contributed by atoms with Gasteiger partial charge in [-0.15, -0.1) is 0 Å². The standard InChI is InChI=1S/C16H15BrN4/c1-2-18-16-19-10-14(17)15(21-16)20-13-8-7-11-5-3-4-6-12(11)9-13/h3-10H,2H2,1H3,(H2,18,19,20,21). The van der Waals surface area contributed by atoms with Crippen LogP contribution in [-0.2, 0) is 0 Å². The highest BCUT2D eigenvalue weighted by Gasteiger charge is 2.05. The van der Waals surface area contributed by atoms with Crippen LogP contribution in [0.5, 0.6) is 0 Å². The van der Waals surface area contributed by atoms with E-state index < -0.39 is 0 Å². The molecule has 0 fully saturated rings. The van der Waals surface area contributed by atoms with Crippen molar-refractivity contribution >= 4 is 44.2 Å². The fraction of sp³-hybridized carbons (Fsp3) is 0.125. The lowest BCUT2D eigenvalue weighted by atomic mass is 10.1. The van der Waals surface area contributed by atoms with Gasteiger partial charge in [-0.3, -0.25) is 0 Å². The molecule has 0 amide bonds. The van der Waals surface area contributed by atoms with Gasteiger partial charge in [0.15, 0.2) is 0 Å². The topological polar surface area (TPSA) is 49.8 Å². The monoisotopic (exact) mass is 342 g/mol. The molecule has 21 heavy (non-hydrogen) atoms. The van der Waals surface area contributed by atoms with E-state index in [2.05, 4.69) is 60.8 Å². The van der Waals surface area contributed by atoms with E-state index in [-0.39, 0.29) is 0 Å². The quantitative estimate of drug-likeness (QED) is 0.729. The number of nitrogens with one attached hydrogen (secondary N) is 2. The third kappa shape index (κ3) is 3.13. The van der Waals surface area contributed by atoms with E-state index in [4.69, 9.17) is 0 Å². The van der Waals surface area contributed by atoms with Gasteiger partial charge in [-0.1, -0.05) is 30.3 Å². The van der Waals surface area contributed by atoms with Crippen LogP contribution in [0.15, 0.2) is 53.1 Å². The minimum Gasteiger partial charge on any atom is -0.354 e. The molecule has 106 valence electrons. The molecule has 0 bridgehead atoms. The van der Waals surface area contributed by atoms with Gasteiger partial charge < -0.3 is 10.6 Å². The zero-order chi connectivity index (χ0) is 14.7. The van der Waals surface area contributed by atoms with Crippen LogP contribution in [0.25, 0.3) is 10.8 Å². The van der Waals surface area contributed by atoms with E-state index in [1.54, 1.807) is 6.20 Å². The second-order valence-electron chi connectivity index (χ2n) is 4.61. The van der Waals surface area contributed by atoms with Crippen LogP contribution in [0.3, 0.4) is 0 Å². The zero-order valence-corrected chi connectivity index (χ0v) is 13.2. The van der Waals surface area contributed by atoms with Crippen LogP contribution in [0.1, 0.15) is 6.92 Å². The average molecular weight is 343 g/mol. The summed E-state index contributed by atoms with van der Waals surface area (Å²) in [5, 5.41) is 8.85. The molecule has 0 saturated carbocycles. The number of rotatable bonds is 4. The third-order valence-corrected chi connectivity index (χ3v) is 3.67. The normalized spacial score (nSPS) is 10.6. The SMILES string of the molecule is CCNc1ncc(Br)c(Nc2ccc3ccccc3c2)n1. The van der Waals surface area contributed by atoms with E-state index in [0.717, 1.165) is 22.5 Å². The van der Waals surface area contributed by atoms with Crippen LogP contribution >= 0.6 is 15.9 Å². The van der Waals surface area contributed by atoms with Gasteiger partial charge in [0.1, 0.15) is 5.82 Å². The van der Waals surface area contributed by atoms with E-state index in [9.17, 15) is 0 Å².